The summed E-state index contributed by atoms with van der Waals surface area (Å²) in [5, 5.41) is 21.7. The molecule has 1 saturated heterocycles. The molecule has 0 saturated carbocycles. The zero-order chi connectivity index (χ0) is 20.5. The van der Waals surface area contributed by atoms with Crippen molar-refractivity contribution < 1.29 is 19.7 Å². The largest absolute Gasteiger partial charge is 0.394 e. The van der Waals surface area contributed by atoms with Crippen molar-refractivity contribution in [1.82, 2.24) is 14.9 Å². The molecule has 1 aromatic heterocycles. The summed E-state index contributed by atoms with van der Waals surface area (Å²) in [6, 6.07) is 0. The molecule has 2 rings (SSSR count). The van der Waals surface area contributed by atoms with Crippen LogP contribution in [-0.2, 0) is 9.53 Å². The highest BCUT2D eigenvalue weighted by molar-refractivity contribution is 5.91. The molecule has 1 aliphatic rings. The SMILES string of the molecule is NCCCCCCNC(=O)C=Cc1cn([C@H]2CC(O)[C@@H](CO)O2)c(=O)[nH]c1=O. The summed E-state index contributed by atoms with van der Waals surface area (Å²) in [6.45, 7) is 0.812. The monoisotopic (exact) mass is 396 g/mol. The summed E-state index contributed by atoms with van der Waals surface area (Å²) in [5.41, 5.74) is 4.19. The van der Waals surface area contributed by atoms with Crippen LogP contribution >= 0.6 is 0 Å². The number of nitrogens with zero attached hydrogens (tertiary/aromatic N) is 1. The molecule has 10 nitrogen and oxygen atoms in total. The van der Waals surface area contributed by atoms with E-state index in [9.17, 15) is 19.5 Å². The highest BCUT2D eigenvalue weighted by atomic mass is 16.5. The number of carbonyl (C=O) groups excluding carboxylic acids is 1. The van der Waals surface area contributed by atoms with E-state index < -0.39 is 29.7 Å². The summed E-state index contributed by atoms with van der Waals surface area (Å²) >= 11 is 0. The van der Waals surface area contributed by atoms with Crippen LogP contribution in [0.3, 0.4) is 0 Å². The second-order valence-electron chi connectivity index (χ2n) is 6.69. The summed E-state index contributed by atoms with van der Waals surface area (Å²) in [4.78, 5) is 38.0. The highest BCUT2D eigenvalue weighted by Gasteiger charge is 2.35. The van der Waals surface area contributed by atoms with Gasteiger partial charge >= 0.3 is 5.69 Å². The zero-order valence-corrected chi connectivity index (χ0v) is 15.7. The molecule has 0 aliphatic carbocycles. The van der Waals surface area contributed by atoms with Crippen molar-refractivity contribution in [2.45, 2.75) is 50.5 Å². The quantitative estimate of drug-likeness (QED) is 0.246. The number of amides is 1. The van der Waals surface area contributed by atoms with Crippen molar-refractivity contribution in [2.24, 2.45) is 5.73 Å². The number of nitrogens with one attached hydrogen (secondary N) is 2. The summed E-state index contributed by atoms with van der Waals surface area (Å²) < 4.78 is 6.57. The normalized spacial score (nSPS) is 22.0. The molecule has 28 heavy (non-hydrogen) atoms. The van der Waals surface area contributed by atoms with Gasteiger partial charge in [0.05, 0.1) is 18.3 Å². The number of hydrogen-bond acceptors (Lipinski definition) is 7. The number of ether oxygens (including phenoxy) is 1. The van der Waals surface area contributed by atoms with E-state index in [1.165, 1.54) is 18.3 Å². The first-order valence-electron chi connectivity index (χ1n) is 9.42. The van der Waals surface area contributed by atoms with Gasteiger partial charge in [0.25, 0.3) is 5.56 Å². The molecule has 10 heteroatoms. The van der Waals surface area contributed by atoms with E-state index in [0.29, 0.717) is 13.1 Å². The molecule has 2 heterocycles. The number of H-pyrrole nitrogens is 1. The van der Waals surface area contributed by atoms with Crippen LogP contribution in [0.2, 0.25) is 0 Å². The zero-order valence-electron chi connectivity index (χ0n) is 15.7. The number of aromatic nitrogens is 2. The average Bonchev–Trinajstić information content (AvgIpc) is 3.04. The Morgan fingerprint density at radius 1 is 1.36 bits per heavy atom. The van der Waals surface area contributed by atoms with Crippen LogP contribution in [0.5, 0.6) is 0 Å². The topological polar surface area (TPSA) is 160 Å². The summed E-state index contributed by atoms with van der Waals surface area (Å²) in [7, 11) is 0. The Morgan fingerprint density at radius 2 is 2.11 bits per heavy atom. The Balaban J connectivity index is 1.98. The second kappa shape index (κ2) is 10.9. The van der Waals surface area contributed by atoms with Gasteiger partial charge in [-0.25, -0.2) is 4.79 Å². The fourth-order valence-corrected chi connectivity index (χ4v) is 2.94. The Morgan fingerprint density at radius 3 is 2.79 bits per heavy atom. The number of nitrogens with two attached hydrogens (primary N) is 1. The molecule has 0 radical (unpaired) electrons. The fraction of sp³-hybridized carbons (Fsp3) is 0.611. The van der Waals surface area contributed by atoms with E-state index in [-0.39, 0.29) is 24.5 Å². The molecule has 1 amide bonds. The molecule has 1 aromatic rings. The number of aliphatic hydroxyl groups excluding tert-OH is 2. The van der Waals surface area contributed by atoms with Gasteiger partial charge in [-0.3, -0.25) is 19.1 Å². The van der Waals surface area contributed by atoms with E-state index in [1.54, 1.807) is 0 Å². The molecular formula is C18H28N4O6. The van der Waals surface area contributed by atoms with Gasteiger partial charge < -0.3 is 26.0 Å². The van der Waals surface area contributed by atoms with E-state index in [2.05, 4.69) is 10.3 Å². The molecule has 1 fully saturated rings. The molecule has 156 valence electrons. The predicted octanol–water partition coefficient (Wildman–Crippen LogP) is -1.17. The molecule has 0 spiro atoms. The third-order valence-corrected chi connectivity index (χ3v) is 4.53. The number of rotatable bonds is 10. The molecule has 0 bridgehead atoms. The molecule has 1 aliphatic heterocycles. The second-order valence-corrected chi connectivity index (χ2v) is 6.69. The highest BCUT2D eigenvalue weighted by Crippen LogP contribution is 2.27. The van der Waals surface area contributed by atoms with Crippen molar-refractivity contribution in [3.05, 3.63) is 38.7 Å². The maximum absolute atomic E-state index is 12.0. The minimum atomic E-state index is -0.913. The third kappa shape index (κ3) is 6.13. The van der Waals surface area contributed by atoms with Crippen molar-refractivity contribution in [3.63, 3.8) is 0 Å². The Labute approximate surface area is 162 Å². The Hall–Kier alpha value is -2.27. The lowest BCUT2D eigenvalue weighted by molar-refractivity contribution is -0.116. The molecule has 0 aromatic carbocycles. The van der Waals surface area contributed by atoms with Crippen molar-refractivity contribution in [3.8, 4) is 0 Å². The molecule has 6 N–H and O–H groups in total. The maximum Gasteiger partial charge on any atom is 0.330 e. The average molecular weight is 396 g/mol. The number of carbonyl (C=O) groups is 1. The summed E-state index contributed by atoms with van der Waals surface area (Å²) in [5.74, 6) is -0.344. The van der Waals surface area contributed by atoms with Gasteiger partial charge in [0, 0.05) is 25.2 Å². The minimum Gasteiger partial charge on any atom is -0.394 e. The van der Waals surface area contributed by atoms with Crippen LogP contribution in [0, 0.1) is 0 Å². The predicted molar refractivity (Wildman–Crippen MR) is 103 cm³/mol. The number of unbranched alkanes of at least 4 members (excludes halogenated alkanes) is 3. The van der Waals surface area contributed by atoms with Crippen LogP contribution in [0.1, 0.15) is 43.9 Å². The lowest BCUT2D eigenvalue weighted by Crippen LogP contribution is -2.33. The Bertz CT molecular complexity index is 787. The minimum absolute atomic E-state index is 0.100. The van der Waals surface area contributed by atoms with Crippen LogP contribution in [0.15, 0.2) is 21.9 Å². The van der Waals surface area contributed by atoms with Crippen molar-refractivity contribution in [2.75, 3.05) is 19.7 Å². The molecular weight excluding hydrogens is 368 g/mol. The maximum atomic E-state index is 12.0. The number of hydrogen-bond donors (Lipinski definition) is 5. The van der Waals surface area contributed by atoms with Gasteiger partial charge in [-0.2, -0.15) is 0 Å². The summed E-state index contributed by atoms with van der Waals surface area (Å²) in [6.07, 6.45) is 5.20. The smallest absolute Gasteiger partial charge is 0.330 e. The van der Waals surface area contributed by atoms with E-state index in [1.807, 2.05) is 0 Å². The lowest BCUT2D eigenvalue weighted by Gasteiger charge is -2.14. The van der Waals surface area contributed by atoms with Gasteiger partial charge in [-0.05, 0) is 25.5 Å². The first kappa shape index (κ1) is 22.0. The van der Waals surface area contributed by atoms with Crippen molar-refractivity contribution in [1.29, 1.82) is 0 Å². The van der Waals surface area contributed by atoms with Gasteiger partial charge in [-0.1, -0.05) is 12.8 Å². The van der Waals surface area contributed by atoms with Crippen LogP contribution in [0.4, 0.5) is 0 Å². The molecule has 3 atom stereocenters. The van der Waals surface area contributed by atoms with Gasteiger partial charge in [0.1, 0.15) is 12.3 Å². The Kier molecular flexibility index (Phi) is 8.58. The number of aromatic amines is 1. The van der Waals surface area contributed by atoms with Gasteiger partial charge in [-0.15, -0.1) is 0 Å². The first-order chi connectivity index (χ1) is 13.5. The van der Waals surface area contributed by atoms with Crippen molar-refractivity contribution >= 4 is 12.0 Å². The van der Waals surface area contributed by atoms with E-state index in [0.717, 1.165) is 30.3 Å². The lowest BCUT2D eigenvalue weighted by atomic mass is 10.2. The fourth-order valence-electron chi connectivity index (χ4n) is 2.94. The standard InChI is InChI=1S/C18H28N4O6/c19-7-3-1-2-4-8-20-15(25)6-5-12-10-22(18(27)21-17(12)26)16-9-13(24)14(11-23)28-16/h5-6,10,13-14,16,23-24H,1-4,7-9,11,19H2,(H,20,25)(H,21,26,27)/t13?,14-,16-/m1/s1. The van der Waals surface area contributed by atoms with E-state index in [4.69, 9.17) is 15.6 Å². The van der Waals surface area contributed by atoms with Crippen LogP contribution in [0.25, 0.3) is 6.08 Å². The van der Waals surface area contributed by atoms with Crippen LogP contribution in [-0.4, -0.2) is 57.6 Å². The molecule has 1 unspecified atom stereocenters. The number of aliphatic hydroxyl groups is 2. The van der Waals surface area contributed by atoms with Gasteiger partial charge in [0.15, 0.2) is 0 Å². The third-order valence-electron chi connectivity index (χ3n) is 4.53. The van der Waals surface area contributed by atoms with E-state index >= 15 is 0 Å². The first-order valence-corrected chi connectivity index (χ1v) is 9.42. The van der Waals surface area contributed by atoms with Gasteiger partial charge in [0.2, 0.25) is 5.91 Å². The van der Waals surface area contributed by atoms with Crippen LogP contribution < -0.4 is 22.3 Å².